The summed E-state index contributed by atoms with van der Waals surface area (Å²) in [6, 6.07) is 12.4. The van der Waals surface area contributed by atoms with Gasteiger partial charge in [0.1, 0.15) is 6.33 Å². The molecule has 1 aliphatic rings. The highest BCUT2D eigenvalue weighted by molar-refractivity contribution is 7.89. The van der Waals surface area contributed by atoms with Gasteiger partial charge in [0.15, 0.2) is 0 Å². The average Bonchev–Trinajstić information content (AvgIpc) is 3.13. The summed E-state index contributed by atoms with van der Waals surface area (Å²) in [4.78, 5) is 18.8. The van der Waals surface area contributed by atoms with Crippen LogP contribution in [0.4, 0.5) is 4.79 Å². The van der Waals surface area contributed by atoms with Crippen molar-refractivity contribution in [2.24, 2.45) is 0 Å². The topological polar surface area (TPSA) is 87.5 Å². The van der Waals surface area contributed by atoms with Crippen molar-refractivity contribution in [3.8, 4) is 0 Å². The van der Waals surface area contributed by atoms with Crippen LogP contribution in [0.25, 0.3) is 11.0 Å². The molecule has 2 heterocycles. The zero-order chi connectivity index (χ0) is 20.6. The molecule has 1 fully saturated rings. The molecule has 1 N–H and O–H groups in total. The van der Waals surface area contributed by atoms with Gasteiger partial charge in [-0.15, -0.1) is 0 Å². The summed E-state index contributed by atoms with van der Waals surface area (Å²) < 4.78 is 28.9. The van der Waals surface area contributed by atoms with E-state index in [1.54, 1.807) is 28.0 Å². The van der Waals surface area contributed by atoms with E-state index in [9.17, 15) is 13.2 Å². The average molecular weight is 414 g/mol. The number of rotatable bonds is 3. The maximum Gasteiger partial charge on any atom is 0.336 e. The molecule has 0 radical (unpaired) electrons. The second-order valence-electron chi connectivity index (χ2n) is 7.16. The molecule has 2 aromatic carbocycles. The van der Waals surface area contributed by atoms with Crippen molar-refractivity contribution in [1.82, 2.24) is 18.9 Å². The number of hydrogen-bond donors (Lipinski definition) is 1. The summed E-state index contributed by atoms with van der Waals surface area (Å²) in [6.45, 7) is 5.01. The van der Waals surface area contributed by atoms with Crippen LogP contribution in [0.3, 0.4) is 0 Å². The molecule has 3 aromatic rings. The van der Waals surface area contributed by atoms with Gasteiger partial charge >= 0.3 is 6.03 Å². The van der Waals surface area contributed by atoms with E-state index in [4.69, 9.17) is 0 Å². The van der Waals surface area contributed by atoms with Crippen LogP contribution in [0.15, 0.2) is 53.7 Å². The van der Waals surface area contributed by atoms with E-state index >= 15 is 0 Å². The lowest BCUT2D eigenvalue weighted by Crippen LogP contribution is -2.52. The van der Waals surface area contributed by atoms with Crippen LogP contribution >= 0.6 is 0 Å². The quantitative estimate of drug-likeness (QED) is 0.714. The number of sulfonamides is 1. The standard InChI is InChI=1S/C20H23N5O3S/c1-15-7-8-17(13-16(15)2)29(27,28)24-11-9-23(10-12-24)20(26)22-25-14-21-18-5-3-4-6-19(18)25/h3-8,13-14H,9-12H2,1-2H3,(H,22,26). The van der Waals surface area contributed by atoms with Gasteiger partial charge in [0.2, 0.25) is 10.0 Å². The highest BCUT2D eigenvalue weighted by Crippen LogP contribution is 2.20. The molecule has 1 aliphatic heterocycles. The maximum atomic E-state index is 12.9. The molecule has 29 heavy (non-hydrogen) atoms. The van der Waals surface area contributed by atoms with E-state index in [1.165, 1.54) is 4.31 Å². The molecule has 0 spiro atoms. The number of fused-ring (bicyclic) bond motifs is 1. The molecule has 8 nitrogen and oxygen atoms in total. The van der Waals surface area contributed by atoms with Gasteiger partial charge in [-0.25, -0.2) is 28.3 Å². The molecule has 2 amide bonds. The summed E-state index contributed by atoms with van der Waals surface area (Å²) in [7, 11) is -3.57. The van der Waals surface area contributed by atoms with E-state index in [2.05, 4.69) is 10.4 Å². The Kier molecular flexibility index (Phi) is 5.01. The number of benzene rings is 2. The highest BCUT2D eigenvalue weighted by Gasteiger charge is 2.30. The van der Waals surface area contributed by atoms with Gasteiger partial charge in [0, 0.05) is 26.2 Å². The van der Waals surface area contributed by atoms with Crippen LogP contribution in [0.5, 0.6) is 0 Å². The smallest absolute Gasteiger partial charge is 0.321 e. The van der Waals surface area contributed by atoms with E-state index in [1.807, 2.05) is 44.2 Å². The first kappa shape index (κ1) is 19.4. The lowest BCUT2D eigenvalue weighted by molar-refractivity contribution is 0.182. The number of aryl methyl sites for hydroxylation is 2. The number of para-hydroxylation sites is 2. The minimum Gasteiger partial charge on any atom is -0.321 e. The lowest BCUT2D eigenvalue weighted by atomic mass is 10.1. The second-order valence-corrected chi connectivity index (χ2v) is 9.10. The number of carbonyl (C=O) groups excluding carboxylic acids is 1. The first-order chi connectivity index (χ1) is 13.9. The largest absolute Gasteiger partial charge is 0.336 e. The zero-order valence-corrected chi connectivity index (χ0v) is 17.2. The van der Waals surface area contributed by atoms with Gasteiger partial charge in [-0.2, -0.15) is 4.31 Å². The lowest BCUT2D eigenvalue weighted by Gasteiger charge is -2.34. The van der Waals surface area contributed by atoms with Crippen LogP contribution in [0.2, 0.25) is 0 Å². The van der Waals surface area contributed by atoms with Crippen molar-refractivity contribution < 1.29 is 13.2 Å². The van der Waals surface area contributed by atoms with E-state index in [-0.39, 0.29) is 19.1 Å². The molecule has 1 saturated heterocycles. The van der Waals surface area contributed by atoms with E-state index < -0.39 is 10.0 Å². The van der Waals surface area contributed by atoms with Crippen LogP contribution in [0.1, 0.15) is 11.1 Å². The van der Waals surface area contributed by atoms with Gasteiger partial charge in [0.25, 0.3) is 0 Å². The van der Waals surface area contributed by atoms with Gasteiger partial charge < -0.3 is 4.90 Å². The first-order valence-corrected chi connectivity index (χ1v) is 10.9. The molecule has 152 valence electrons. The molecule has 0 bridgehead atoms. The number of nitrogens with one attached hydrogen (secondary N) is 1. The Hall–Kier alpha value is -2.91. The summed E-state index contributed by atoms with van der Waals surface area (Å²) in [5.41, 5.74) is 6.39. The molecule has 4 rings (SSSR count). The summed E-state index contributed by atoms with van der Waals surface area (Å²) in [5.74, 6) is 0. The number of aromatic nitrogens is 2. The minimum atomic E-state index is -3.57. The number of imidazole rings is 1. The third-order valence-corrected chi connectivity index (χ3v) is 7.21. The highest BCUT2D eigenvalue weighted by atomic mass is 32.2. The summed E-state index contributed by atoms with van der Waals surface area (Å²) in [5, 5.41) is 0. The first-order valence-electron chi connectivity index (χ1n) is 9.42. The monoisotopic (exact) mass is 413 g/mol. The molecule has 0 unspecified atom stereocenters. The van der Waals surface area contributed by atoms with Crippen LogP contribution < -0.4 is 5.43 Å². The van der Waals surface area contributed by atoms with Crippen molar-refractivity contribution in [3.05, 3.63) is 59.9 Å². The molecule has 0 atom stereocenters. The Labute approximate surface area is 169 Å². The normalized spacial score (nSPS) is 15.6. The Morgan fingerprint density at radius 1 is 1.00 bits per heavy atom. The maximum absolute atomic E-state index is 12.9. The number of urea groups is 1. The van der Waals surface area contributed by atoms with E-state index in [0.717, 1.165) is 22.2 Å². The third kappa shape index (κ3) is 3.70. The fraction of sp³-hybridized carbons (Fsp3) is 0.300. The van der Waals surface area contributed by atoms with Gasteiger partial charge in [0.05, 0.1) is 15.9 Å². The van der Waals surface area contributed by atoms with Crippen LogP contribution in [0, 0.1) is 13.8 Å². The molecule has 0 aliphatic carbocycles. The number of nitrogens with zero attached hydrogens (tertiary/aromatic N) is 4. The van der Waals surface area contributed by atoms with Crippen molar-refractivity contribution in [3.63, 3.8) is 0 Å². The van der Waals surface area contributed by atoms with Gasteiger partial charge in [-0.05, 0) is 49.2 Å². The number of piperazine rings is 1. The minimum absolute atomic E-state index is 0.257. The van der Waals surface area contributed by atoms with Gasteiger partial charge in [-0.3, -0.25) is 0 Å². The van der Waals surface area contributed by atoms with Crippen molar-refractivity contribution >= 4 is 27.1 Å². The number of carbonyl (C=O) groups is 1. The fourth-order valence-corrected chi connectivity index (χ4v) is 4.88. The van der Waals surface area contributed by atoms with Gasteiger partial charge in [-0.1, -0.05) is 18.2 Å². The Bertz CT molecular complexity index is 1160. The van der Waals surface area contributed by atoms with Crippen molar-refractivity contribution in [2.45, 2.75) is 18.7 Å². The number of amides is 2. The molecule has 1 aromatic heterocycles. The third-order valence-electron chi connectivity index (χ3n) is 5.31. The zero-order valence-electron chi connectivity index (χ0n) is 16.4. The predicted molar refractivity (Wildman–Crippen MR) is 111 cm³/mol. The Morgan fingerprint density at radius 2 is 1.72 bits per heavy atom. The van der Waals surface area contributed by atoms with Crippen LogP contribution in [-0.4, -0.2) is 59.5 Å². The molecule has 0 saturated carbocycles. The Morgan fingerprint density at radius 3 is 2.45 bits per heavy atom. The SMILES string of the molecule is Cc1ccc(S(=O)(=O)N2CCN(C(=O)Nn3cnc4ccccc43)CC2)cc1C. The summed E-state index contributed by atoms with van der Waals surface area (Å²) >= 11 is 0. The molecular weight excluding hydrogens is 390 g/mol. The second kappa shape index (κ2) is 7.49. The Balaban J connectivity index is 1.42. The molecule has 9 heteroatoms. The van der Waals surface area contributed by atoms with E-state index in [0.29, 0.717) is 18.0 Å². The number of hydrogen-bond acceptors (Lipinski definition) is 4. The summed E-state index contributed by atoms with van der Waals surface area (Å²) in [6.07, 6.45) is 1.56. The van der Waals surface area contributed by atoms with Crippen molar-refractivity contribution in [2.75, 3.05) is 31.6 Å². The predicted octanol–water partition coefficient (Wildman–Crippen LogP) is 2.32. The van der Waals surface area contributed by atoms with Crippen LogP contribution in [-0.2, 0) is 10.0 Å². The fourth-order valence-electron chi connectivity index (χ4n) is 3.38. The molecular formula is C20H23N5O3S. The van der Waals surface area contributed by atoms with Crippen molar-refractivity contribution in [1.29, 1.82) is 0 Å².